The number of benzene rings is 2. The Bertz CT molecular complexity index is 959. The smallest absolute Gasteiger partial charge is 0.234 e. The number of rotatable bonds is 4. The van der Waals surface area contributed by atoms with Gasteiger partial charge in [-0.1, -0.05) is 66.2 Å². The average Bonchev–Trinajstić information content (AvgIpc) is 3.07. The van der Waals surface area contributed by atoms with E-state index < -0.39 is 0 Å². The molecule has 0 aromatic heterocycles. The van der Waals surface area contributed by atoms with Crippen LogP contribution >= 0.6 is 11.8 Å². The summed E-state index contributed by atoms with van der Waals surface area (Å²) in [5.74, 6) is 0.315. The zero-order valence-electron chi connectivity index (χ0n) is 17.1. The van der Waals surface area contributed by atoms with Crippen LogP contribution in [0, 0.1) is 13.8 Å². The second-order valence-corrected chi connectivity index (χ2v) is 8.91. The van der Waals surface area contributed by atoms with Gasteiger partial charge in [0.1, 0.15) is 5.04 Å². The van der Waals surface area contributed by atoms with Crippen LogP contribution in [0.5, 0.6) is 0 Å². The van der Waals surface area contributed by atoms with E-state index in [1.165, 1.54) is 36.6 Å². The molecule has 2 aromatic rings. The largest absolute Gasteiger partial charge is 0.325 e. The van der Waals surface area contributed by atoms with Gasteiger partial charge < -0.3 is 5.32 Å². The van der Waals surface area contributed by atoms with Crippen LogP contribution in [0.1, 0.15) is 48.8 Å². The lowest BCUT2D eigenvalue weighted by molar-refractivity contribution is -0.113. The number of anilines is 1. The van der Waals surface area contributed by atoms with E-state index in [0.717, 1.165) is 40.4 Å². The van der Waals surface area contributed by atoms with E-state index in [1.807, 2.05) is 37.3 Å². The molecule has 0 bridgehead atoms. The lowest BCUT2D eigenvalue weighted by Crippen LogP contribution is -2.25. The Morgan fingerprint density at radius 2 is 1.79 bits per heavy atom. The van der Waals surface area contributed by atoms with Crippen LogP contribution in [0.25, 0.3) is 0 Å². The highest BCUT2D eigenvalue weighted by Gasteiger charge is 2.37. The van der Waals surface area contributed by atoms with Crippen molar-refractivity contribution in [3.63, 3.8) is 0 Å². The Hall–Kier alpha value is -2.40. The summed E-state index contributed by atoms with van der Waals surface area (Å²) in [6.45, 7) is 4.07. The van der Waals surface area contributed by atoms with Gasteiger partial charge in [-0.15, -0.1) is 0 Å². The molecular formula is C24H27N3OS. The van der Waals surface area contributed by atoms with Crippen LogP contribution in [0.4, 0.5) is 5.69 Å². The summed E-state index contributed by atoms with van der Waals surface area (Å²) in [7, 11) is 0. The first-order valence-corrected chi connectivity index (χ1v) is 11.3. The van der Waals surface area contributed by atoms with Crippen molar-refractivity contribution >= 4 is 34.1 Å². The molecule has 1 aliphatic heterocycles. The molecule has 1 aliphatic carbocycles. The molecule has 1 N–H and O–H groups in total. The van der Waals surface area contributed by atoms with Crippen LogP contribution in [0.2, 0.25) is 0 Å². The molecule has 2 aliphatic rings. The summed E-state index contributed by atoms with van der Waals surface area (Å²) >= 11 is 1.50. The average molecular weight is 406 g/mol. The number of hydrogen-bond acceptors (Lipinski definition) is 4. The fraction of sp³-hybridized carbons (Fsp3) is 0.375. The molecule has 0 unspecified atom stereocenters. The summed E-state index contributed by atoms with van der Waals surface area (Å²) in [5, 5.41) is 3.93. The second-order valence-electron chi connectivity index (χ2n) is 7.94. The first-order chi connectivity index (χ1) is 14.0. The molecular weight excluding hydrogens is 378 g/mol. The molecule has 0 saturated heterocycles. The number of aliphatic imine (C=N–C) groups is 2. The first kappa shape index (κ1) is 19.9. The fourth-order valence-electron chi connectivity index (χ4n) is 4.02. The Morgan fingerprint density at radius 1 is 1.03 bits per heavy atom. The Balaban J connectivity index is 1.49. The van der Waals surface area contributed by atoms with Crippen molar-refractivity contribution in [1.29, 1.82) is 0 Å². The van der Waals surface area contributed by atoms with Gasteiger partial charge in [0.2, 0.25) is 5.91 Å². The van der Waals surface area contributed by atoms with Gasteiger partial charge >= 0.3 is 0 Å². The lowest BCUT2D eigenvalue weighted by Gasteiger charge is -2.27. The molecule has 0 atom stereocenters. The molecule has 150 valence electrons. The molecule has 5 heteroatoms. The number of aryl methyl sites for hydroxylation is 2. The number of nitrogens with one attached hydrogen (secondary N) is 1. The highest BCUT2D eigenvalue weighted by atomic mass is 32.2. The van der Waals surface area contributed by atoms with Crippen molar-refractivity contribution in [1.82, 2.24) is 0 Å². The molecule has 1 fully saturated rings. The van der Waals surface area contributed by atoms with Crippen LogP contribution < -0.4 is 5.32 Å². The molecule has 29 heavy (non-hydrogen) atoms. The maximum absolute atomic E-state index is 12.6. The zero-order chi connectivity index (χ0) is 20.3. The Kier molecular flexibility index (Phi) is 5.86. The van der Waals surface area contributed by atoms with Crippen LogP contribution in [-0.4, -0.2) is 28.1 Å². The molecule has 1 heterocycles. The van der Waals surface area contributed by atoms with Crippen molar-refractivity contribution in [3.8, 4) is 0 Å². The summed E-state index contributed by atoms with van der Waals surface area (Å²) in [6, 6.07) is 16.3. The predicted molar refractivity (Wildman–Crippen MR) is 123 cm³/mol. The molecule has 1 saturated carbocycles. The third kappa shape index (κ3) is 4.61. The standard InChI is InChI=1S/C24H27N3OS/c1-17-11-12-20(18(2)15-17)25-21(28)16-29-23-22(19-9-5-3-6-10-19)26-24(27-23)13-7-4-8-14-24/h3,5-6,9-12,15H,4,7-8,13-14,16H2,1-2H3,(H,25,28). The minimum Gasteiger partial charge on any atom is -0.325 e. The fourth-order valence-corrected chi connectivity index (χ4v) is 4.90. The predicted octanol–water partition coefficient (Wildman–Crippen LogP) is 5.54. The monoisotopic (exact) mass is 405 g/mol. The highest BCUT2D eigenvalue weighted by Crippen LogP contribution is 2.38. The third-order valence-corrected chi connectivity index (χ3v) is 6.49. The van der Waals surface area contributed by atoms with Gasteiger partial charge in [0.05, 0.1) is 11.5 Å². The number of nitrogens with zero attached hydrogens (tertiary/aromatic N) is 2. The minimum atomic E-state index is -0.310. The van der Waals surface area contributed by atoms with Crippen LogP contribution in [-0.2, 0) is 4.79 Å². The summed E-state index contributed by atoms with van der Waals surface area (Å²) in [5.41, 5.74) is 4.85. The molecule has 1 spiro atoms. The normalized spacial score (nSPS) is 17.7. The van der Waals surface area contributed by atoms with Crippen LogP contribution in [0.3, 0.4) is 0 Å². The van der Waals surface area contributed by atoms with Crippen LogP contribution in [0.15, 0.2) is 58.5 Å². The topological polar surface area (TPSA) is 53.8 Å². The Morgan fingerprint density at radius 3 is 2.52 bits per heavy atom. The molecule has 1 amide bonds. The van der Waals surface area contributed by atoms with E-state index in [-0.39, 0.29) is 11.6 Å². The van der Waals surface area contributed by atoms with Crippen molar-refractivity contribution in [2.75, 3.05) is 11.1 Å². The first-order valence-electron chi connectivity index (χ1n) is 10.3. The van der Waals surface area contributed by atoms with E-state index in [2.05, 4.69) is 30.4 Å². The minimum absolute atomic E-state index is 0.0124. The number of thioether (sulfide) groups is 1. The summed E-state index contributed by atoms with van der Waals surface area (Å²) < 4.78 is 0. The van der Waals surface area contributed by atoms with Crippen molar-refractivity contribution in [2.24, 2.45) is 9.98 Å². The third-order valence-electron chi connectivity index (χ3n) is 5.53. The van der Waals surface area contributed by atoms with Crippen molar-refractivity contribution in [3.05, 3.63) is 65.2 Å². The van der Waals surface area contributed by atoms with Crippen molar-refractivity contribution in [2.45, 2.75) is 51.6 Å². The van der Waals surface area contributed by atoms with Gasteiger partial charge in [-0.2, -0.15) is 0 Å². The molecule has 4 rings (SSSR count). The quantitative estimate of drug-likeness (QED) is 0.726. The highest BCUT2D eigenvalue weighted by molar-refractivity contribution is 8.16. The van der Waals surface area contributed by atoms with E-state index in [9.17, 15) is 4.79 Å². The SMILES string of the molecule is Cc1ccc(NC(=O)CSC2=NC3(CCCCC3)N=C2c2ccccc2)c(C)c1. The number of amides is 1. The zero-order valence-corrected chi connectivity index (χ0v) is 17.9. The maximum atomic E-state index is 12.6. The van der Waals surface area contributed by atoms with Crippen molar-refractivity contribution < 1.29 is 4.79 Å². The number of carbonyl (C=O) groups excluding carboxylic acids is 1. The molecule has 4 nitrogen and oxygen atoms in total. The van der Waals surface area contributed by atoms with Gasteiger partial charge in [-0.3, -0.25) is 9.79 Å². The maximum Gasteiger partial charge on any atom is 0.234 e. The summed E-state index contributed by atoms with van der Waals surface area (Å²) in [6.07, 6.45) is 5.60. The number of carbonyl (C=O) groups is 1. The lowest BCUT2D eigenvalue weighted by atomic mass is 9.90. The second kappa shape index (κ2) is 8.54. The van der Waals surface area contributed by atoms with E-state index in [4.69, 9.17) is 9.98 Å². The van der Waals surface area contributed by atoms with E-state index >= 15 is 0 Å². The van der Waals surface area contributed by atoms with E-state index in [0.29, 0.717) is 5.75 Å². The number of hydrogen-bond donors (Lipinski definition) is 1. The Labute approximate surface area is 176 Å². The van der Waals surface area contributed by atoms with Gasteiger partial charge in [-0.25, -0.2) is 4.99 Å². The van der Waals surface area contributed by atoms with Gasteiger partial charge in [0, 0.05) is 11.3 Å². The molecule has 2 aromatic carbocycles. The van der Waals surface area contributed by atoms with Gasteiger partial charge in [0.25, 0.3) is 0 Å². The van der Waals surface area contributed by atoms with E-state index in [1.54, 1.807) is 0 Å². The summed E-state index contributed by atoms with van der Waals surface area (Å²) in [4.78, 5) is 22.7. The molecule has 0 radical (unpaired) electrons. The van der Waals surface area contributed by atoms with Gasteiger partial charge in [-0.05, 0) is 51.2 Å². The van der Waals surface area contributed by atoms with Gasteiger partial charge in [0.15, 0.2) is 5.66 Å².